The molecule has 2 heteroatoms. The van der Waals surface area contributed by atoms with Crippen LogP contribution >= 0.6 is 0 Å². The third-order valence-electron chi connectivity index (χ3n) is 2.69. The van der Waals surface area contributed by atoms with Gasteiger partial charge < -0.3 is 10.6 Å². The number of hydrogen-bond acceptors (Lipinski definition) is 2. The molecule has 2 aromatic carbocycles. The largest absolute Gasteiger partial charge is 0.383 e. The van der Waals surface area contributed by atoms with Gasteiger partial charge in [0.15, 0.2) is 0 Å². The second-order valence-corrected chi connectivity index (χ2v) is 4.03. The van der Waals surface area contributed by atoms with Crippen LogP contribution in [0.15, 0.2) is 54.6 Å². The molecule has 0 unspecified atom stereocenters. The Morgan fingerprint density at radius 2 is 1.41 bits per heavy atom. The van der Waals surface area contributed by atoms with E-state index in [4.69, 9.17) is 0 Å². The van der Waals surface area contributed by atoms with E-state index in [0.717, 1.165) is 13.1 Å². The highest BCUT2D eigenvalue weighted by atomic mass is 14.9. The van der Waals surface area contributed by atoms with E-state index in [1.165, 1.54) is 16.9 Å². The number of para-hydroxylation sites is 2. The van der Waals surface area contributed by atoms with Gasteiger partial charge >= 0.3 is 0 Å². The van der Waals surface area contributed by atoms with Gasteiger partial charge in [-0.2, -0.15) is 0 Å². The standard InChI is InChI=1S/C15H18N2/c1-13-7-5-6-10-15(13)17-12-11-16-14-8-3-2-4-9-14/h2-10,16-17H,11-12H2,1H3. The van der Waals surface area contributed by atoms with E-state index in [-0.39, 0.29) is 0 Å². The molecule has 0 saturated heterocycles. The fourth-order valence-electron chi connectivity index (χ4n) is 1.73. The van der Waals surface area contributed by atoms with Crippen LogP contribution in [0.5, 0.6) is 0 Å². The van der Waals surface area contributed by atoms with Crippen molar-refractivity contribution in [1.29, 1.82) is 0 Å². The lowest BCUT2D eigenvalue weighted by molar-refractivity contribution is 1.07. The average Bonchev–Trinajstić information content (AvgIpc) is 2.38. The van der Waals surface area contributed by atoms with Crippen LogP contribution in [-0.4, -0.2) is 13.1 Å². The first kappa shape index (κ1) is 11.5. The Bertz CT molecular complexity index is 451. The summed E-state index contributed by atoms with van der Waals surface area (Å²) in [5.74, 6) is 0. The summed E-state index contributed by atoms with van der Waals surface area (Å²) in [5.41, 5.74) is 3.66. The van der Waals surface area contributed by atoms with Crippen molar-refractivity contribution < 1.29 is 0 Å². The lowest BCUT2D eigenvalue weighted by Crippen LogP contribution is -2.13. The van der Waals surface area contributed by atoms with E-state index in [1.54, 1.807) is 0 Å². The predicted octanol–water partition coefficient (Wildman–Crippen LogP) is 3.52. The third-order valence-corrected chi connectivity index (χ3v) is 2.69. The molecule has 0 atom stereocenters. The maximum absolute atomic E-state index is 3.42. The topological polar surface area (TPSA) is 24.1 Å². The number of benzene rings is 2. The maximum atomic E-state index is 3.42. The van der Waals surface area contributed by atoms with Crippen molar-refractivity contribution in [2.24, 2.45) is 0 Å². The average molecular weight is 226 g/mol. The zero-order valence-corrected chi connectivity index (χ0v) is 10.1. The molecule has 2 rings (SSSR count). The Hall–Kier alpha value is -1.96. The van der Waals surface area contributed by atoms with E-state index in [0.29, 0.717) is 0 Å². The summed E-state index contributed by atoms with van der Waals surface area (Å²) in [7, 11) is 0. The first-order valence-corrected chi connectivity index (χ1v) is 5.95. The Kier molecular flexibility index (Phi) is 4.03. The molecule has 0 spiro atoms. The normalized spacial score (nSPS) is 9.94. The van der Waals surface area contributed by atoms with Crippen molar-refractivity contribution >= 4 is 11.4 Å². The first-order chi connectivity index (χ1) is 8.36. The monoisotopic (exact) mass is 226 g/mol. The molecule has 2 aromatic rings. The summed E-state index contributed by atoms with van der Waals surface area (Å²) in [5, 5.41) is 6.79. The highest BCUT2D eigenvalue weighted by molar-refractivity contribution is 5.50. The Morgan fingerprint density at radius 1 is 0.765 bits per heavy atom. The van der Waals surface area contributed by atoms with Gasteiger partial charge in [0, 0.05) is 24.5 Å². The quantitative estimate of drug-likeness (QED) is 0.762. The van der Waals surface area contributed by atoms with Crippen LogP contribution in [-0.2, 0) is 0 Å². The van der Waals surface area contributed by atoms with Crippen LogP contribution in [0, 0.1) is 6.92 Å². The first-order valence-electron chi connectivity index (χ1n) is 5.95. The lowest BCUT2D eigenvalue weighted by Gasteiger charge is -2.10. The van der Waals surface area contributed by atoms with E-state index in [1.807, 2.05) is 18.2 Å². The van der Waals surface area contributed by atoms with Crippen molar-refractivity contribution in [3.05, 3.63) is 60.2 Å². The minimum Gasteiger partial charge on any atom is -0.383 e. The molecule has 0 aliphatic rings. The second-order valence-electron chi connectivity index (χ2n) is 4.03. The van der Waals surface area contributed by atoms with Gasteiger partial charge in [-0.15, -0.1) is 0 Å². The minimum absolute atomic E-state index is 0.915. The molecule has 88 valence electrons. The summed E-state index contributed by atoms with van der Waals surface area (Å²) in [6.45, 7) is 3.95. The SMILES string of the molecule is Cc1ccccc1NCCNc1ccccc1. The van der Waals surface area contributed by atoms with E-state index >= 15 is 0 Å². The van der Waals surface area contributed by atoms with Gasteiger partial charge in [0.2, 0.25) is 0 Å². The molecular weight excluding hydrogens is 208 g/mol. The van der Waals surface area contributed by atoms with Gasteiger partial charge in [0.25, 0.3) is 0 Å². The predicted molar refractivity (Wildman–Crippen MR) is 74.6 cm³/mol. The molecule has 0 radical (unpaired) electrons. The third kappa shape index (κ3) is 3.52. The number of anilines is 2. The van der Waals surface area contributed by atoms with Crippen LogP contribution in [0.1, 0.15) is 5.56 Å². The molecular formula is C15H18N2. The number of nitrogens with one attached hydrogen (secondary N) is 2. The van der Waals surface area contributed by atoms with Crippen molar-refractivity contribution in [3.63, 3.8) is 0 Å². The summed E-state index contributed by atoms with van der Waals surface area (Å²) < 4.78 is 0. The molecule has 0 bridgehead atoms. The van der Waals surface area contributed by atoms with Crippen LogP contribution < -0.4 is 10.6 Å². The molecule has 0 amide bonds. The van der Waals surface area contributed by atoms with Gasteiger partial charge in [-0.1, -0.05) is 36.4 Å². The Labute approximate surface area is 103 Å². The van der Waals surface area contributed by atoms with E-state index < -0.39 is 0 Å². The molecule has 0 fully saturated rings. The molecule has 17 heavy (non-hydrogen) atoms. The zero-order chi connectivity index (χ0) is 11.9. The molecule has 0 aliphatic carbocycles. The van der Waals surface area contributed by atoms with Crippen molar-refractivity contribution in [3.8, 4) is 0 Å². The van der Waals surface area contributed by atoms with Gasteiger partial charge in [-0.05, 0) is 30.7 Å². The van der Waals surface area contributed by atoms with Crippen LogP contribution in [0.3, 0.4) is 0 Å². The number of aryl methyl sites for hydroxylation is 1. The van der Waals surface area contributed by atoms with Gasteiger partial charge in [0.05, 0.1) is 0 Å². The summed E-state index contributed by atoms with van der Waals surface area (Å²) in [6.07, 6.45) is 0. The zero-order valence-electron chi connectivity index (χ0n) is 10.1. The van der Waals surface area contributed by atoms with Crippen molar-refractivity contribution in [2.75, 3.05) is 23.7 Å². The number of rotatable bonds is 5. The smallest absolute Gasteiger partial charge is 0.0370 e. The minimum atomic E-state index is 0.915. The Balaban J connectivity index is 1.76. The molecule has 0 aliphatic heterocycles. The molecule has 0 aromatic heterocycles. The second kappa shape index (κ2) is 5.94. The highest BCUT2D eigenvalue weighted by Crippen LogP contribution is 2.12. The Morgan fingerprint density at radius 3 is 2.18 bits per heavy atom. The number of hydrogen-bond donors (Lipinski definition) is 2. The molecule has 2 N–H and O–H groups in total. The van der Waals surface area contributed by atoms with Gasteiger partial charge in [-0.25, -0.2) is 0 Å². The van der Waals surface area contributed by atoms with Crippen molar-refractivity contribution in [2.45, 2.75) is 6.92 Å². The van der Waals surface area contributed by atoms with Gasteiger partial charge in [0.1, 0.15) is 0 Å². The summed E-state index contributed by atoms with van der Waals surface area (Å²) in [6, 6.07) is 18.6. The van der Waals surface area contributed by atoms with Crippen molar-refractivity contribution in [1.82, 2.24) is 0 Å². The summed E-state index contributed by atoms with van der Waals surface area (Å²) in [4.78, 5) is 0. The van der Waals surface area contributed by atoms with E-state index in [2.05, 4.69) is 54.0 Å². The van der Waals surface area contributed by atoms with Crippen LogP contribution in [0.2, 0.25) is 0 Å². The fraction of sp³-hybridized carbons (Fsp3) is 0.200. The van der Waals surface area contributed by atoms with Gasteiger partial charge in [-0.3, -0.25) is 0 Å². The van der Waals surface area contributed by atoms with Crippen LogP contribution in [0.4, 0.5) is 11.4 Å². The molecule has 0 saturated carbocycles. The van der Waals surface area contributed by atoms with E-state index in [9.17, 15) is 0 Å². The fourth-order valence-corrected chi connectivity index (χ4v) is 1.73. The van der Waals surface area contributed by atoms with Crippen LogP contribution in [0.25, 0.3) is 0 Å². The molecule has 2 nitrogen and oxygen atoms in total. The highest BCUT2D eigenvalue weighted by Gasteiger charge is 1.94. The summed E-state index contributed by atoms with van der Waals surface area (Å²) >= 11 is 0. The molecule has 0 heterocycles. The lowest BCUT2D eigenvalue weighted by atomic mass is 10.2. The maximum Gasteiger partial charge on any atom is 0.0370 e.